The summed E-state index contributed by atoms with van der Waals surface area (Å²) in [5.41, 5.74) is 0.222. The van der Waals surface area contributed by atoms with Crippen LogP contribution in [0.3, 0.4) is 0 Å². The average Bonchev–Trinajstić information content (AvgIpc) is 2.38. The predicted octanol–water partition coefficient (Wildman–Crippen LogP) is 2.81. The van der Waals surface area contributed by atoms with Crippen molar-refractivity contribution >= 4 is 0 Å². The zero-order valence-electron chi connectivity index (χ0n) is 10.9. The van der Waals surface area contributed by atoms with Crippen molar-refractivity contribution < 1.29 is 14.9 Å². The van der Waals surface area contributed by atoms with E-state index < -0.39 is 11.7 Å². The van der Waals surface area contributed by atoms with E-state index in [2.05, 4.69) is 0 Å². The highest BCUT2D eigenvalue weighted by molar-refractivity contribution is 5.28. The van der Waals surface area contributed by atoms with Gasteiger partial charge >= 0.3 is 0 Å². The molecule has 100 valence electrons. The molecule has 1 saturated carbocycles. The number of ether oxygens (including phenoxy) is 1. The van der Waals surface area contributed by atoms with Crippen molar-refractivity contribution in [2.75, 3.05) is 6.61 Å². The molecule has 3 heteroatoms. The molecule has 3 nitrogen and oxygen atoms in total. The Bertz CT molecular complexity index is 364. The maximum atomic E-state index is 10.3. The van der Waals surface area contributed by atoms with Gasteiger partial charge in [0.15, 0.2) is 0 Å². The Kier molecular flexibility index (Phi) is 4.25. The van der Waals surface area contributed by atoms with Crippen LogP contribution in [-0.4, -0.2) is 22.4 Å². The number of aliphatic hydroxyl groups excluding tert-OH is 1. The molecule has 0 spiro atoms. The van der Waals surface area contributed by atoms with Gasteiger partial charge in [-0.2, -0.15) is 0 Å². The Morgan fingerprint density at radius 1 is 1.17 bits per heavy atom. The highest BCUT2D eigenvalue weighted by atomic mass is 16.5. The normalized spacial score (nSPS) is 20.4. The van der Waals surface area contributed by atoms with Crippen LogP contribution in [0.1, 0.15) is 50.7 Å². The molecule has 0 aromatic heterocycles. The Morgan fingerprint density at radius 2 is 1.78 bits per heavy atom. The zero-order chi connectivity index (χ0) is 13.0. The molecule has 1 aromatic carbocycles. The molecule has 1 aromatic rings. The summed E-state index contributed by atoms with van der Waals surface area (Å²) in [5, 5.41) is 19.7. The van der Waals surface area contributed by atoms with Crippen molar-refractivity contribution in [1.82, 2.24) is 0 Å². The predicted molar refractivity (Wildman–Crippen MR) is 70.6 cm³/mol. The first kappa shape index (κ1) is 13.4. The quantitative estimate of drug-likeness (QED) is 0.864. The van der Waals surface area contributed by atoms with Gasteiger partial charge in [-0.25, -0.2) is 0 Å². The molecule has 1 fully saturated rings. The highest BCUT2D eigenvalue weighted by Crippen LogP contribution is 2.29. The Balaban J connectivity index is 1.89. The van der Waals surface area contributed by atoms with Gasteiger partial charge in [0.05, 0.1) is 11.7 Å². The third-order valence-electron chi connectivity index (χ3n) is 3.65. The lowest BCUT2D eigenvalue weighted by Crippen LogP contribution is -2.37. The van der Waals surface area contributed by atoms with E-state index in [9.17, 15) is 10.2 Å². The third-order valence-corrected chi connectivity index (χ3v) is 3.65. The molecule has 1 aliphatic carbocycles. The SMILES string of the molecule is C[C@H](O)c1ccc(OCC2(O)CCCCC2)cc1. The van der Waals surface area contributed by atoms with Crippen LogP contribution in [0, 0.1) is 0 Å². The first-order valence-corrected chi connectivity index (χ1v) is 6.72. The maximum Gasteiger partial charge on any atom is 0.119 e. The molecule has 0 saturated heterocycles. The van der Waals surface area contributed by atoms with Gasteiger partial charge in [0.25, 0.3) is 0 Å². The first-order valence-electron chi connectivity index (χ1n) is 6.72. The molecule has 0 unspecified atom stereocenters. The third kappa shape index (κ3) is 3.47. The van der Waals surface area contributed by atoms with Gasteiger partial charge in [-0.15, -0.1) is 0 Å². The second-order valence-corrected chi connectivity index (χ2v) is 5.32. The summed E-state index contributed by atoms with van der Waals surface area (Å²) < 4.78 is 5.65. The molecule has 0 aliphatic heterocycles. The van der Waals surface area contributed by atoms with Crippen molar-refractivity contribution in [3.05, 3.63) is 29.8 Å². The molecule has 1 aliphatic rings. The number of rotatable bonds is 4. The van der Waals surface area contributed by atoms with E-state index in [1.165, 1.54) is 6.42 Å². The lowest BCUT2D eigenvalue weighted by atomic mass is 9.85. The van der Waals surface area contributed by atoms with Crippen molar-refractivity contribution in [2.24, 2.45) is 0 Å². The molecule has 2 N–H and O–H groups in total. The van der Waals surface area contributed by atoms with Crippen LogP contribution in [0.2, 0.25) is 0 Å². The van der Waals surface area contributed by atoms with Crippen LogP contribution in [0.4, 0.5) is 0 Å². The van der Waals surface area contributed by atoms with Gasteiger partial charge < -0.3 is 14.9 Å². The summed E-state index contributed by atoms with van der Waals surface area (Å²) in [4.78, 5) is 0. The number of benzene rings is 1. The minimum Gasteiger partial charge on any atom is -0.491 e. The van der Waals surface area contributed by atoms with E-state index in [-0.39, 0.29) is 0 Å². The monoisotopic (exact) mass is 250 g/mol. The molecule has 2 rings (SSSR count). The van der Waals surface area contributed by atoms with Crippen LogP contribution in [0.25, 0.3) is 0 Å². The lowest BCUT2D eigenvalue weighted by molar-refractivity contribution is -0.0339. The highest BCUT2D eigenvalue weighted by Gasteiger charge is 2.29. The summed E-state index contributed by atoms with van der Waals surface area (Å²) in [5.74, 6) is 0.749. The standard InChI is InChI=1S/C15H22O3/c1-12(16)13-5-7-14(8-6-13)18-11-15(17)9-3-2-4-10-15/h5-8,12,16-17H,2-4,9-11H2,1H3/t12-/m0/s1. The van der Waals surface area contributed by atoms with Crippen molar-refractivity contribution in [2.45, 2.75) is 50.7 Å². The van der Waals surface area contributed by atoms with Crippen LogP contribution < -0.4 is 4.74 Å². The van der Waals surface area contributed by atoms with Crippen LogP contribution >= 0.6 is 0 Å². The van der Waals surface area contributed by atoms with E-state index in [0.717, 1.165) is 37.0 Å². The lowest BCUT2D eigenvalue weighted by Gasteiger charge is -2.31. The molecule has 18 heavy (non-hydrogen) atoms. The summed E-state index contributed by atoms with van der Waals surface area (Å²) in [7, 11) is 0. The van der Waals surface area contributed by atoms with Crippen LogP contribution in [0.5, 0.6) is 5.75 Å². The van der Waals surface area contributed by atoms with Gasteiger partial charge in [0.2, 0.25) is 0 Å². The molecule has 0 radical (unpaired) electrons. The van der Waals surface area contributed by atoms with E-state index >= 15 is 0 Å². The molecule has 0 bridgehead atoms. The summed E-state index contributed by atoms with van der Waals surface area (Å²) >= 11 is 0. The maximum absolute atomic E-state index is 10.3. The Labute approximate surface area is 108 Å². The number of hydrogen-bond donors (Lipinski definition) is 2. The molecular formula is C15H22O3. The zero-order valence-corrected chi connectivity index (χ0v) is 10.9. The van der Waals surface area contributed by atoms with Gasteiger partial charge in [-0.3, -0.25) is 0 Å². The Morgan fingerprint density at radius 3 is 2.33 bits per heavy atom. The first-order chi connectivity index (χ1) is 8.59. The number of aliphatic hydroxyl groups is 2. The van der Waals surface area contributed by atoms with Gasteiger partial charge in [0.1, 0.15) is 12.4 Å². The molecule has 0 heterocycles. The van der Waals surface area contributed by atoms with Gasteiger partial charge in [-0.05, 0) is 37.5 Å². The topological polar surface area (TPSA) is 49.7 Å². The van der Waals surface area contributed by atoms with Crippen LogP contribution in [-0.2, 0) is 0 Å². The molecular weight excluding hydrogens is 228 g/mol. The summed E-state index contributed by atoms with van der Waals surface area (Å²) in [6.45, 7) is 2.10. The second-order valence-electron chi connectivity index (χ2n) is 5.32. The van der Waals surface area contributed by atoms with Crippen molar-refractivity contribution in [3.63, 3.8) is 0 Å². The van der Waals surface area contributed by atoms with E-state index in [1.54, 1.807) is 6.92 Å². The second kappa shape index (κ2) is 5.72. The summed E-state index contributed by atoms with van der Waals surface area (Å²) in [6.07, 6.45) is 4.59. The smallest absolute Gasteiger partial charge is 0.119 e. The fraction of sp³-hybridized carbons (Fsp3) is 0.600. The molecule has 0 amide bonds. The van der Waals surface area contributed by atoms with E-state index in [1.807, 2.05) is 24.3 Å². The van der Waals surface area contributed by atoms with Crippen molar-refractivity contribution in [1.29, 1.82) is 0 Å². The minimum atomic E-state index is -0.652. The fourth-order valence-electron chi connectivity index (χ4n) is 2.41. The average molecular weight is 250 g/mol. The van der Waals surface area contributed by atoms with Gasteiger partial charge in [0, 0.05) is 0 Å². The van der Waals surface area contributed by atoms with Gasteiger partial charge in [-0.1, -0.05) is 31.4 Å². The minimum absolute atomic E-state index is 0.362. The summed E-state index contributed by atoms with van der Waals surface area (Å²) in [6, 6.07) is 7.39. The van der Waals surface area contributed by atoms with E-state index in [0.29, 0.717) is 6.61 Å². The fourth-order valence-corrected chi connectivity index (χ4v) is 2.41. The largest absolute Gasteiger partial charge is 0.491 e. The van der Waals surface area contributed by atoms with Crippen molar-refractivity contribution in [3.8, 4) is 5.75 Å². The van der Waals surface area contributed by atoms with Crippen LogP contribution in [0.15, 0.2) is 24.3 Å². The Hall–Kier alpha value is -1.06. The molecule has 1 atom stereocenters. The number of hydrogen-bond acceptors (Lipinski definition) is 3. The van der Waals surface area contributed by atoms with E-state index in [4.69, 9.17) is 4.74 Å².